The SMILES string of the molecule is CCCCCC[C@H]1CC1Br. The van der Waals surface area contributed by atoms with Gasteiger partial charge in [-0.15, -0.1) is 0 Å². The molecule has 60 valence electrons. The molecule has 1 aliphatic carbocycles. The largest absolute Gasteiger partial charge is 0.0888 e. The standard InChI is InChI=1S/C9H17Br/c1-2-3-4-5-6-8-7-9(8)10/h8-9H,2-7H2,1H3/t8-,9?/m0/s1. The zero-order valence-electron chi connectivity index (χ0n) is 6.78. The van der Waals surface area contributed by atoms with Gasteiger partial charge in [-0.3, -0.25) is 0 Å². The van der Waals surface area contributed by atoms with Gasteiger partial charge in [0.15, 0.2) is 0 Å². The molecule has 10 heavy (non-hydrogen) atoms. The van der Waals surface area contributed by atoms with Gasteiger partial charge in [0.25, 0.3) is 0 Å². The molecule has 2 atom stereocenters. The van der Waals surface area contributed by atoms with E-state index in [9.17, 15) is 0 Å². The maximum absolute atomic E-state index is 3.62. The first-order valence-electron chi connectivity index (χ1n) is 4.48. The van der Waals surface area contributed by atoms with E-state index in [4.69, 9.17) is 0 Å². The van der Waals surface area contributed by atoms with Crippen molar-refractivity contribution in [3.05, 3.63) is 0 Å². The summed E-state index contributed by atoms with van der Waals surface area (Å²) in [6.07, 6.45) is 8.61. The molecule has 0 aromatic heterocycles. The fourth-order valence-corrected chi connectivity index (χ4v) is 2.09. The average molecular weight is 205 g/mol. The van der Waals surface area contributed by atoms with Crippen molar-refractivity contribution in [1.29, 1.82) is 0 Å². The Morgan fingerprint density at radius 1 is 1.30 bits per heavy atom. The lowest BCUT2D eigenvalue weighted by atomic mass is 10.1. The van der Waals surface area contributed by atoms with Gasteiger partial charge in [-0.2, -0.15) is 0 Å². The molecule has 0 aromatic rings. The number of alkyl halides is 1. The molecule has 0 nitrogen and oxygen atoms in total. The van der Waals surface area contributed by atoms with Crippen LogP contribution in [0.2, 0.25) is 0 Å². The van der Waals surface area contributed by atoms with Crippen LogP contribution in [0.3, 0.4) is 0 Å². The predicted octanol–water partition coefficient (Wildman–Crippen LogP) is 3.74. The minimum atomic E-state index is 0.883. The highest BCUT2D eigenvalue weighted by atomic mass is 79.9. The first-order valence-corrected chi connectivity index (χ1v) is 5.40. The minimum absolute atomic E-state index is 0.883. The van der Waals surface area contributed by atoms with Crippen LogP contribution in [-0.2, 0) is 0 Å². The van der Waals surface area contributed by atoms with E-state index in [-0.39, 0.29) is 0 Å². The van der Waals surface area contributed by atoms with Crippen molar-refractivity contribution in [2.75, 3.05) is 0 Å². The molecule has 0 saturated heterocycles. The molecular formula is C9H17Br. The Balaban J connectivity index is 1.78. The number of unbranched alkanes of at least 4 members (excludes halogenated alkanes) is 3. The summed E-state index contributed by atoms with van der Waals surface area (Å²) in [7, 11) is 0. The lowest BCUT2D eigenvalue weighted by Gasteiger charge is -1.96. The molecular weight excluding hydrogens is 188 g/mol. The second kappa shape index (κ2) is 4.38. The maximum atomic E-state index is 3.62. The van der Waals surface area contributed by atoms with Crippen LogP contribution >= 0.6 is 15.9 Å². The molecule has 1 unspecified atom stereocenters. The summed E-state index contributed by atoms with van der Waals surface area (Å²) >= 11 is 3.62. The van der Waals surface area contributed by atoms with Crippen LogP contribution in [-0.4, -0.2) is 4.83 Å². The van der Waals surface area contributed by atoms with Gasteiger partial charge in [-0.25, -0.2) is 0 Å². The summed E-state index contributed by atoms with van der Waals surface area (Å²) in [5, 5.41) is 0. The molecule has 1 aliphatic rings. The van der Waals surface area contributed by atoms with Crippen molar-refractivity contribution >= 4 is 15.9 Å². The Labute approximate surface area is 72.5 Å². The van der Waals surface area contributed by atoms with Crippen LogP contribution in [0.1, 0.15) is 45.4 Å². The molecule has 0 bridgehead atoms. The minimum Gasteiger partial charge on any atom is -0.0888 e. The van der Waals surface area contributed by atoms with Crippen LogP contribution in [0, 0.1) is 5.92 Å². The van der Waals surface area contributed by atoms with E-state index in [1.807, 2.05) is 0 Å². The van der Waals surface area contributed by atoms with E-state index in [1.165, 1.54) is 38.5 Å². The van der Waals surface area contributed by atoms with Crippen molar-refractivity contribution in [1.82, 2.24) is 0 Å². The van der Waals surface area contributed by atoms with Gasteiger partial charge in [0, 0.05) is 4.83 Å². The first kappa shape index (κ1) is 8.58. The quantitative estimate of drug-likeness (QED) is 0.473. The van der Waals surface area contributed by atoms with Gasteiger partial charge in [0.05, 0.1) is 0 Å². The number of hydrogen-bond acceptors (Lipinski definition) is 0. The summed E-state index contributed by atoms with van der Waals surface area (Å²) < 4.78 is 0. The molecule has 1 rings (SSSR count). The topological polar surface area (TPSA) is 0 Å². The molecule has 0 spiro atoms. The average Bonchev–Trinajstić information content (AvgIpc) is 2.60. The third-order valence-corrected chi connectivity index (χ3v) is 3.39. The second-order valence-corrected chi connectivity index (χ2v) is 4.54. The normalized spacial score (nSPS) is 30.6. The van der Waals surface area contributed by atoms with E-state index >= 15 is 0 Å². The number of halogens is 1. The Hall–Kier alpha value is 0.480. The van der Waals surface area contributed by atoms with Gasteiger partial charge >= 0.3 is 0 Å². The van der Waals surface area contributed by atoms with E-state index in [1.54, 1.807) is 0 Å². The van der Waals surface area contributed by atoms with Crippen LogP contribution in [0.4, 0.5) is 0 Å². The van der Waals surface area contributed by atoms with Gasteiger partial charge in [-0.1, -0.05) is 48.5 Å². The smallest absolute Gasteiger partial charge is 0.0177 e. The first-order chi connectivity index (χ1) is 4.84. The van der Waals surface area contributed by atoms with E-state index < -0.39 is 0 Å². The monoisotopic (exact) mass is 204 g/mol. The molecule has 0 aromatic carbocycles. The van der Waals surface area contributed by atoms with Crippen molar-refractivity contribution in [3.63, 3.8) is 0 Å². The second-order valence-electron chi connectivity index (χ2n) is 3.36. The summed E-state index contributed by atoms with van der Waals surface area (Å²) in [4.78, 5) is 0.883. The van der Waals surface area contributed by atoms with Gasteiger partial charge in [0.2, 0.25) is 0 Å². The summed E-state index contributed by atoms with van der Waals surface area (Å²) in [5.41, 5.74) is 0. The molecule has 1 fully saturated rings. The zero-order chi connectivity index (χ0) is 7.40. The van der Waals surface area contributed by atoms with Crippen molar-refractivity contribution < 1.29 is 0 Å². The number of rotatable bonds is 5. The van der Waals surface area contributed by atoms with Crippen LogP contribution in [0.15, 0.2) is 0 Å². The van der Waals surface area contributed by atoms with E-state index in [0.717, 1.165) is 10.7 Å². The lowest BCUT2D eigenvalue weighted by molar-refractivity contribution is 0.599. The Morgan fingerprint density at radius 3 is 2.50 bits per heavy atom. The Bertz CT molecular complexity index is 90.7. The third-order valence-electron chi connectivity index (χ3n) is 2.26. The molecule has 1 heteroatoms. The Morgan fingerprint density at radius 2 is 2.00 bits per heavy atom. The predicted molar refractivity (Wildman–Crippen MR) is 49.6 cm³/mol. The molecule has 0 radical (unpaired) electrons. The zero-order valence-corrected chi connectivity index (χ0v) is 8.36. The van der Waals surface area contributed by atoms with Gasteiger partial charge < -0.3 is 0 Å². The number of hydrogen-bond donors (Lipinski definition) is 0. The van der Waals surface area contributed by atoms with Crippen molar-refractivity contribution in [3.8, 4) is 0 Å². The lowest BCUT2D eigenvalue weighted by Crippen LogP contribution is -1.81. The summed E-state index contributed by atoms with van der Waals surface area (Å²) in [6.45, 7) is 2.27. The third kappa shape index (κ3) is 3.05. The molecule has 0 N–H and O–H groups in total. The highest BCUT2D eigenvalue weighted by Gasteiger charge is 2.33. The molecule has 0 heterocycles. The van der Waals surface area contributed by atoms with Crippen molar-refractivity contribution in [2.24, 2.45) is 5.92 Å². The fourth-order valence-electron chi connectivity index (χ4n) is 1.34. The highest BCUT2D eigenvalue weighted by molar-refractivity contribution is 9.09. The highest BCUT2D eigenvalue weighted by Crippen LogP contribution is 2.41. The van der Waals surface area contributed by atoms with Crippen molar-refractivity contribution in [2.45, 2.75) is 50.3 Å². The van der Waals surface area contributed by atoms with E-state index in [2.05, 4.69) is 22.9 Å². The van der Waals surface area contributed by atoms with Crippen LogP contribution in [0.5, 0.6) is 0 Å². The van der Waals surface area contributed by atoms with Crippen LogP contribution in [0.25, 0.3) is 0 Å². The van der Waals surface area contributed by atoms with Crippen LogP contribution < -0.4 is 0 Å². The molecule has 1 saturated carbocycles. The van der Waals surface area contributed by atoms with Gasteiger partial charge in [0.1, 0.15) is 0 Å². The fraction of sp³-hybridized carbons (Fsp3) is 1.00. The molecule has 0 aliphatic heterocycles. The van der Waals surface area contributed by atoms with E-state index in [0.29, 0.717) is 0 Å². The Kier molecular flexibility index (Phi) is 3.75. The summed E-state index contributed by atoms with van der Waals surface area (Å²) in [6, 6.07) is 0. The van der Waals surface area contributed by atoms with Gasteiger partial charge in [-0.05, 0) is 18.8 Å². The molecule has 0 amide bonds. The summed E-state index contributed by atoms with van der Waals surface area (Å²) in [5.74, 6) is 1.04. The maximum Gasteiger partial charge on any atom is 0.0177 e.